The molecule has 0 aromatic rings. The predicted molar refractivity (Wildman–Crippen MR) is 302 cm³/mol. The van der Waals surface area contributed by atoms with Gasteiger partial charge in [0.15, 0.2) is 0 Å². The molecule has 0 aliphatic rings. The first-order valence-corrected chi connectivity index (χ1v) is 28.9. The van der Waals surface area contributed by atoms with E-state index in [1.807, 2.05) is 48.5 Å². The van der Waals surface area contributed by atoms with Gasteiger partial charge in [0.25, 0.3) is 0 Å². The zero-order chi connectivity index (χ0) is 58.6. The monoisotopic (exact) mass is 1070 g/mol. The molecule has 16 heteroatoms. The Morgan fingerprint density at radius 1 is 0.274 bits per heavy atom. The number of hydrogen-bond acceptors (Lipinski definition) is 16. The van der Waals surface area contributed by atoms with Crippen LogP contribution in [0.15, 0.2) is 0 Å². The molecule has 0 bridgehead atoms. The molecule has 0 aromatic heterocycles. The second-order valence-electron chi connectivity index (χ2n) is 19.9. The van der Waals surface area contributed by atoms with Crippen molar-refractivity contribution < 1.29 is 81.7 Å². The Balaban J connectivity index is -0.000000110. The number of aliphatic hydroxyl groups is 16. The van der Waals surface area contributed by atoms with Crippen LogP contribution in [0, 0.1) is 5.92 Å². The van der Waals surface area contributed by atoms with E-state index >= 15 is 0 Å². The average Bonchev–Trinajstić information content (AvgIpc) is 3.34. The maximum Gasteiger partial charge on any atom is 0.0798 e. The number of unbranched alkanes of at least 4 members (excludes halogenated alkanes) is 6. The largest absolute Gasteiger partial charge is 0.396 e. The highest BCUT2D eigenvalue weighted by atomic mass is 16.3. The van der Waals surface area contributed by atoms with Crippen molar-refractivity contribution in [3.8, 4) is 0 Å². The van der Waals surface area contributed by atoms with Crippen molar-refractivity contribution in [1.29, 1.82) is 0 Å². The molecule has 454 valence electrons. The van der Waals surface area contributed by atoms with Crippen LogP contribution in [-0.2, 0) is 0 Å². The van der Waals surface area contributed by atoms with Crippen LogP contribution < -0.4 is 0 Å². The zero-order valence-corrected chi connectivity index (χ0v) is 49.7. The van der Waals surface area contributed by atoms with Crippen molar-refractivity contribution >= 4 is 0 Å². The summed E-state index contributed by atoms with van der Waals surface area (Å²) < 4.78 is 0. The number of rotatable bonds is 35. The highest BCUT2D eigenvalue weighted by Gasteiger charge is 2.13. The van der Waals surface area contributed by atoms with Crippen molar-refractivity contribution in [3.63, 3.8) is 0 Å². The molecule has 0 aromatic carbocycles. The molecule has 0 aliphatic heterocycles. The lowest BCUT2D eigenvalue weighted by Gasteiger charge is -2.15. The maximum absolute atomic E-state index is 9.10. The summed E-state index contributed by atoms with van der Waals surface area (Å²) >= 11 is 0. The van der Waals surface area contributed by atoms with Gasteiger partial charge in [-0.15, -0.1) is 0 Å². The molecule has 14 unspecified atom stereocenters. The Bertz CT molecular complexity index is 897. The molecule has 0 fully saturated rings. The van der Waals surface area contributed by atoms with Gasteiger partial charge in [-0.3, -0.25) is 0 Å². The minimum absolute atomic E-state index is 0.106. The van der Waals surface area contributed by atoms with Gasteiger partial charge in [0.05, 0.1) is 86.0 Å². The molecule has 73 heavy (non-hydrogen) atoms. The Morgan fingerprint density at radius 3 is 1.00 bits per heavy atom. The van der Waals surface area contributed by atoms with Crippen molar-refractivity contribution in [2.45, 2.75) is 343 Å². The minimum Gasteiger partial charge on any atom is -0.396 e. The van der Waals surface area contributed by atoms with Crippen LogP contribution in [0.25, 0.3) is 0 Å². The van der Waals surface area contributed by atoms with E-state index in [4.69, 9.17) is 81.7 Å². The van der Waals surface area contributed by atoms with Crippen molar-refractivity contribution in [2.75, 3.05) is 19.8 Å². The summed E-state index contributed by atoms with van der Waals surface area (Å²) in [7, 11) is 0. The predicted octanol–water partition coefficient (Wildman–Crippen LogP) is 7.60. The van der Waals surface area contributed by atoms with E-state index in [9.17, 15) is 0 Å². The summed E-state index contributed by atoms with van der Waals surface area (Å²) in [6.45, 7) is 26.9. The molecule has 0 radical (unpaired) electrons. The molecule has 14 atom stereocenters. The molecule has 0 amide bonds. The fraction of sp³-hybridized carbons (Fsp3) is 1.00. The number of aliphatic hydroxyl groups excluding tert-OH is 16. The topological polar surface area (TPSA) is 324 Å². The highest BCUT2D eigenvalue weighted by molar-refractivity contribution is 4.65. The quantitative estimate of drug-likeness (QED) is 0.0272. The molecule has 0 aliphatic carbocycles. The van der Waals surface area contributed by atoms with Gasteiger partial charge in [0.1, 0.15) is 0 Å². The van der Waals surface area contributed by atoms with Gasteiger partial charge in [-0.1, -0.05) is 120 Å². The first-order chi connectivity index (χ1) is 34.2. The third-order valence-electron chi connectivity index (χ3n) is 11.4. The standard InChI is InChI=1S/C8H18O2.7C7H16O2/c1-3-4-5-7(2)8(10)6-9;1-6(8)4-3-5-7(2)9;1-3-7(9)5-4-6(2)8;1-3-4-7(9)5-6(2)8;1-3-4-5-7(9)6(2)8;1-3-6(8)5-7(9)4-2;1-3-5-7(9)6(8)4-2;8-6-4-2-1-3-5-7-9/h7-10H,3-6H2,1-2H3;6*6-9H,3-5H2,1-2H3;8-9H,1-7H2. The Kier molecular flexibility index (Phi) is 87.0. The lowest BCUT2D eigenvalue weighted by molar-refractivity contribution is 0.0124. The highest BCUT2D eigenvalue weighted by Crippen LogP contribution is 2.12. The molecule has 16 N–H and O–H groups in total. The Hall–Kier alpha value is -0.640. The lowest BCUT2D eigenvalue weighted by Crippen LogP contribution is -2.24. The first-order valence-electron chi connectivity index (χ1n) is 28.9. The van der Waals surface area contributed by atoms with Crippen LogP contribution in [0.3, 0.4) is 0 Å². The van der Waals surface area contributed by atoms with E-state index in [-0.39, 0.29) is 61.4 Å². The van der Waals surface area contributed by atoms with E-state index < -0.39 is 30.5 Å². The Labute approximate surface area is 449 Å². The molecule has 0 spiro atoms. The van der Waals surface area contributed by atoms with Gasteiger partial charge in [0.2, 0.25) is 0 Å². The van der Waals surface area contributed by atoms with Crippen LogP contribution in [-0.4, -0.2) is 181 Å². The summed E-state index contributed by atoms with van der Waals surface area (Å²) in [6.07, 6.45) is 17.6. The van der Waals surface area contributed by atoms with Gasteiger partial charge in [-0.05, 0) is 150 Å². The summed E-state index contributed by atoms with van der Waals surface area (Å²) in [5.41, 5.74) is 0. The van der Waals surface area contributed by atoms with Crippen molar-refractivity contribution in [2.24, 2.45) is 5.92 Å². The smallest absolute Gasteiger partial charge is 0.0798 e. The summed E-state index contributed by atoms with van der Waals surface area (Å²) in [4.78, 5) is 0. The third-order valence-corrected chi connectivity index (χ3v) is 11.4. The zero-order valence-electron chi connectivity index (χ0n) is 49.7. The molecule has 16 nitrogen and oxygen atoms in total. The second-order valence-corrected chi connectivity index (χ2v) is 19.9. The maximum atomic E-state index is 9.10. The van der Waals surface area contributed by atoms with Gasteiger partial charge in [0, 0.05) is 13.2 Å². The van der Waals surface area contributed by atoms with Crippen molar-refractivity contribution in [1.82, 2.24) is 0 Å². The minimum atomic E-state index is -0.573. The summed E-state index contributed by atoms with van der Waals surface area (Å²) in [5, 5.41) is 141. The summed E-state index contributed by atoms with van der Waals surface area (Å²) in [6, 6.07) is 0. The van der Waals surface area contributed by atoms with Gasteiger partial charge in [-0.25, -0.2) is 0 Å². The molecule has 0 heterocycles. The van der Waals surface area contributed by atoms with Crippen LogP contribution in [0.1, 0.15) is 264 Å². The SMILES string of the molecule is CC(O)CCCC(C)O.CCC(O)CC(O)CC.CCC(O)CCC(C)O.CCCC(O)C(O)CC.CCCC(O)CC(C)O.CCCCC(C)C(O)CO.CCCCC(O)C(C)O.OCCCCCCCO. The average molecular weight is 1070 g/mol. The van der Waals surface area contributed by atoms with Gasteiger partial charge in [-0.2, -0.15) is 0 Å². The van der Waals surface area contributed by atoms with Crippen LogP contribution in [0.5, 0.6) is 0 Å². The lowest BCUT2D eigenvalue weighted by atomic mass is 9.99. The fourth-order valence-corrected chi connectivity index (χ4v) is 5.91. The molecular weight excluding hydrogens is 941 g/mol. The molecule has 0 saturated carbocycles. The third kappa shape index (κ3) is 94.2. The molecule has 0 saturated heterocycles. The molecular formula is C57H130O16. The first kappa shape index (κ1) is 89.0. The van der Waals surface area contributed by atoms with Gasteiger partial charge >= 0.3 is 0 Å². The van der Waals surface area contributed by atoms with E-state index in [2.05, 4.69) is 13.8 Å². The second kappa shape index (κ2) is 71.4. The van der Waals surface area contributed by atoms with E-state index in [1.54, 1.807) is 34.6 Å². The van der Waals surface area contributed by atoms with Crippen molar-refractivity contribution in [3.05, 3.63) is 0 Å². The van der Waals surface area contributed by atoms with Crippen LogP contribution in [0.4, 0.5) is 0 Å². The van der Waals surface area contributed by atoms with Crippen LogP contribution in [0.2, 0.25) is 0 Å². The normalized spacial score (nSPS) is 16.4. The molecule has 0 rings (SSSR count). The fourth-order valence-electron chi connectivity index (χ4n) is 5.91. The number of hydrogen-bond donors (Lipinski definition) is 16. The summed E-state index contributed by atoms with van der Waals surface area (Å²) in [5.74, 6) is 0.241. The Morgan fingerprint density at radius 2 is 0.685 bits per heavy atom. The van der Waals surface area contributed by atoms with E-state index in [0.717, 1.165) is 122 Å². The van der Waals surface area contributed by atoms with E-state index in [0.29, 0.717) is 58.2 Å². The van der Waals surface area contributed by atoms with E-state index in [1.165, 1.54) is 0 Å². The van der Waals surface area contributed by atoms with Gasteiger partial charge < -0.3 is 81.7 Å². The van der Waals surface area contributed by atoms with Crippen LogP contribution >= 0.6 is 0 Å².